The van der Waals surface area contributed by atoms with Gasteiger partial charge < -0.3 is 4.57 Å². The summed E-state index contributed by atoms with van der Waals surface area (Å²) >= 11 is 6.05. The standard InChI is InChI=1S/C13H14ClN5O2S/c1-2-22(20,21)18-7-13(8-18,4-5-15)19-6-3-10-11(14)16-9-17-12(10)19/h3,6,9H,2,4,7-8H2,1H3. The summed E-state index contributed by atoms with van der Waals surface area (Å²) in [5, 5.41) is 10.2. The van der Waals surface area contributed by atoms with Crippen molar-refractivity contribution in [3.05, 3.63) is 23.7 Å². The molecule has 0 spiro atoms. The van der Waals surface area contributed by atoms with Gasteiger partial charge in [-0.3, -0.25) is 0 Å². The van der Waals surface area contributed by atoms with Gasteiger partial charge >= 0.3 is 0 Å². The van der Waals surface area contributed by atoms with Crippen molar-refractivity contribution >= 4 is 32.7 Å². The topological polar surface area (TPSA) is 91.9 Å². The van der Waals surface area contributed by atoms with Crippen molar-refractivity contribution in [3.8, 4) is 6.07 Å². The van der Waals surface area contributed by atoms with E-state index in [0.717, 1.165) is 0 Å². The Morgan fingerprint density at radius 1 is 1.45 bits per heavy atom. The molecule has 0 saturated carbocycles. The van der Waals surface area contributed by atoms with E-state index >= 15 is 0 Å². The van der Waals surface area contributed by atoms with Gasteiger partial charge in [-0.1, -0.05) is 11.6 Å². The molecular formula is C13H14ClN5O2S. The number of nitrogens with zero attached hydrogens (tertiary/aromatic N) is 5. The van der Waals surface area contributed by atoms with Crippen molar-refractivity contribution in [2.75, 3.05) is 18.8 Å². The zero-order valence-electron chi connectivity index (χ0n) is 11.9. The molecule has 0 atom stereocenters. The summed E-state index contributed by atoms with van der Waals surface area (Å²) in [6.07, 6.45) is 3.35. The van der Waals surface area contributed by atoms with Gasteiger partial charge in [-0.25, -0.2) is 18.4 Å². The van der Waals surface area contributed by atoms with Crippen LogP contribution in [0.15, 0.2) is 18.6 Å². The van der Waals surface area contributed by atoms with Crippen molar-refractivity contribution < 1.29 is 8.42 Å². The molecule has 0 N–H and O–H groups in total. The largest absolute Gasteiger partial charge is 0.323 e. The highest BCUT2D eigenvalue weighted by atomic mass is 35.5. The summed E-state index contributed by atoms with van der Waals surface area (Å²) in [4.78, 5) is 8.16. The number of aromatic nitrogens is 3. The molecule has 1 aliphatic rings. The zero-order valence-corrected chi connectivity index (χ0v) is 13.5. The summed E-state index contributed by atoms with van der Waals surface area (Å²) < 4.78 is 27.1. The Kier molecular flexibility index (Phi) is 3.59. The highest BCUT2D eigenvalue weighted by Gasteiger charge is 2.49. The number of hydrogen-bond acceptors (Lipinski definition) is 5. The van der Waals surface area contributed by atoms with Gasteiger partial charge in [0.05, 0.1) is 29.2 Å². The first kappa shape index (κ1) is 15.2. The first-order valence-electron chi connectivity index (χ1n) is 6.76. The molecule has 0 aromatic carbocycles. The minimum Gasteiger partial charge on any atom is -0.323 e. The maximum absolute atomic E-state index is 11.9. The molecule has 1 aliphatic heterocycles. The third-order valence-electron chi connectivity index (χ3n) is 4.05. The van der Waals surface area contributed by atoms with Crippen LogP contribution in [-0.4, -0.2) is 46.1 Å². The summed E-state index contributed by atoms with van der Waals surface area (Å²) in [5.41, 5.74) is 0.0139. The highest BCUT2D eigenvalue weighted by Crippen LogP contribution is 2.37. The second kappa shape index (κ2) is 5.19. The number of fused-ring (bicyclic) bond motifs is 1. The molecule has 1 fully saturated rings. The fraction of sp³-hybridized carbons (Fsp3) is 0.462. The first-order valence-corrected chi connectivity index (χ1v) is 8.75. The van der Waals surface area contributed by atoms with E-state index in [4.69, 9.17) is 16.9 Å². The predicted octanol–water partition coefficient (Wildman–Crippen LogP) is 1.36. The van der Waals surface area contributed by atoms with E-state index in [1.165, 1.54) is 10.6 Å². The quantitative estimate of drug-likeness (QED) is 0.784. The van der Waals surface area contributed by atoms with Gasteiger partial charge in [0.25, 0.3) is 0 Å². The minimum absolute atomic E-state index is 0.0516. The Labute approximate surface area is 133 Å². The van der Waals surface area contributed by atoms with E-state index in [1.54, 1.807) is 19.2 Å². The molecule has 1 saturated heterocycles. The second-order valence-corrected chi connectivity index (χ2v) is 7.93. The molecular weight excluding hydrogens is 326 g/mol. The fourth-order valence-electron chi connectivity index (χ4n) is 2.79. The van der Waals surface area contributed by atoms with Gasteiger partial charge in [0.15, 0.2) is 0 Å². The molecule has 0 amide bonds. The molecule has 2 aromatic heterocycles. The van der Waals surface area contributed by atoms with Crippen LogP contribution >= 0.6 is 11.6 Å². The van der Waals surface area contributed by atoms with Crippen molar-refractivity contribution in [2.24, 2.45) is 0 Å². The van der Waals surface area contributed by atoms with Crippen molar-refractivity contribution in [1.29, 1.82) is 5.26 Å². The lowest BCUT2D eigenvalue weighted by Gasteiger charge is -2.49. The van der Waals surface area contributed by atoms with Gasteiger partial charge in [-0.15, -0.1) is 0 Å². The van der Waals surface area contributed by atoms with Crippen molar-refractivity contribution in [2.45, 2.75) is 18.9 Å². The maximum Gasteiger partial charge on any atom is 0.213 e. The Bertz CT molecular complexity index is 864. The average molecular weight is 340 g/mol. The van der Waals surface area contributed by atoms with E-state index in [9.17, 15) is 8.42 Å². The SMILES string of the molecule is CCS(=O)(=O)N1CC(CC#N)(n2ccc3c(Cl)ncnc32)C1. The maximum atomic E-state index is 11.9. The molecule has 0 aliphatic carbocycles. The van der Waals surface area contributed by atoms with Crippen LogP contribution in [0.25, 0.3) is 11.0 Å². The third-order valence-corrected chi connectivity index (χ3v) is 6.13. The second-order valence-electron chi connectivity index (χ2n) is 5.32. The zero-order chi connectivity index (χ0) is 16.0. The Hall–Kier alpha value is -1.69. The van der Waals surface area contributed by atoms with E-state index < -0.39 is 15.6 Å². The molecule has 7 nitrogen and oxygen atoms in total. The first-order chi connectivity index (χ1) is 10.4. The van der Waals surface area contributed by atoms with Gasteiger partial charge in [-0.05, 0) is 13.0 Å². The van der Waals surface area contributed by atoms with Crippen LogP contribution in [0.3, 0.4) is 0 Å². The number of nitriles is 1. The third kappa shape index (κ3) is 2.17. The number of rotatable bonds is 4. The molecule has 2 aromatic rings. The Morgan fingerprint density at radius 2 is 2.18 bits per heavy atom. The minimum atomic E-state index is -3.25. The Balaban J connectivity index is 2.03. The van der Waals surface area contributed by atoms with Crippen LogP contribution in [0.2, 0.25) is 5.15 Å². The van der Waals surface area contributed by atoms with Crippen LogP contribution in [0.5, 0.6) is 0 Å². The lowest BCUT2D eigenvalue weighted by Crippen LogP contribution is -2.64. The summed E-state index contributed by atoms with van der Waals surface area (Å²) in [6, 6.07) is 3.93. The molecule has 3 rings (SSSR count). The molecule has 22 heavy (non-hydrogen) atoms. The van der Waals surface area contributed by atoms with Crippen molar-refractivity contribution in [3.63, 3.8) is 0 Å². The fourth-order valence-corrected chi connectivity index (χ4v) is 4.22. The molecule has 0 radical (unpaired) electrons. The van der Waals surface area contributed by atoms with Gasteiger partial charge in [0.2, 0.25) is 10.0 Å². The highest BCUT2D eigenvalue weighted by molar-refractivity contribution is 7.89. The number of sulfonamides is 1. The normalized spacial score (nSPS) is 18.0. The van der Waals surface area contributed by atoms with E-state index in [-0.39, 0.29) is 25.3 Å². The van der Waals surface area contributed by atoms with Crippen LogP contribution in [-0.2, 0) is 15.6 Å². The summed E-state index contributed by atoms with van der Waals surface area (Å²) in [7, 11) is -3.25. The van der Waals surface area contributed by atoms with Crippen LogP contribution in [0.1, 0.15) is 13.3 Å². The molecule has 116 valence electrons. The smallest absolute Gasteiger partial charge is 0.213 e. The van der Waals surface area contributed by atoms with Gasteiger partial charge in [0.1, 0.15) is 17.1 Å². The summed E-state index contributed by atoms with van der Waals surface area (Å²) in [6.45, 7) is 2.14. The number of hydrogen-bond donors (Lipinski definition) is 0. The lowest BCUT2D eigenvalue weighted by molar-refractivity contribution is 0.0887. The predicted molar refractivity (Wildman–Crippen MR) is 81.8 cm³/mol. The lowest BCUT2D eigenvalue weighted by atomic mass is 9.88. The van der Waals surface area contributed by atoms with Crippen LogP contribution in [0, 0.1) is 11.3 Å². The molecule has 0 bridgehead atoms. The summed E-state index contributed by atoms with van der Waals surface area (Å²) in [5.74, 6) is 0.0516. The monoisotopic (exact) mass is 339 g/mol. The van der Waals surface area contributed by atoms with Crippen molar-refractivity contribution in [1.82, 2.24) is 18.8 Å². The van der Waals surface area contributed by atoms with E-state index in [2.05, 4.69) is 16.0 Å². The van der Waals surface area contributed by atoms with E-state index in [1.807, 2.05) is 4.57 Å². The van der Waals surface area contributed by atoms with Crippen LogP contribution in [0.4, 0.5) is 0 Å². The molecule has 9 heteroatoms. The number of halogens is 1. The molecule has 0 unspecified atom stereocenters. The van der Waals surface area contributed by atoms with Crippen LogP contribution < -0.4 is 0 Å². The van der Waals surface area contributed by atoms with E-state index in [0.29, 0.717) is 16.2 Å². The Morgan fingerprint density at radius 3 is 2.82 bits per heavy atom. The van der Waals surface area contributed by atoms with Gasteiger partial charge in [0, 0.05) is 19.3 Å². The molecule has 3 heterocycles. The van der Waals surface area contributed by atoms with Gasteiger partial charge in [-0.2, -0.15) is 9.57 Å². The average Bonchev–Trinajstić information content (AvgIpc) is 2.88.